The third-order valence-corrected chi connectivity index (χ3v) is 5.87. The van der Waals surface area contributed by atoms with Gasteiger partial charge in [-0.2, -0.15) is 0 Å². The Morgan fingerprint density at radius 3 is 2.38 bits per heavy atom. The maximum Gasteiger partial charge on any atom is 0.289 e. The van der Waals surface area contributed by atoms with Crippen LogP contribution >= 0.6 is 0 Å². The second kappa shape index (κ2) is 8.59. The first-order valence-electron chi connectivity index (χ1n) is 10.2. The molecule has 7 heteroatoms. The van der Waals surface area contributed by atoms with Crippen LogP contribution in [0.25, 0.3) is 0 Å². The molecule has 0 atom stereocenters. The smallest absolute Gasteiger partial charge is 0.289 e. The molecule has 29 heavy (non-hydrogen) atoms. The summed E-state index contributed by atoms with van der Waals surface area (Å²) >= 11 is 0. The molecule has 7 nitrogen and oxygen atoms in total. The van der Waals surface area contributed by atoms with E-state index in [0.29, 0.717) is 31.7 Å². The van der Waals surface area contributed by atoms with Crippen molar-refractivity contribution < 1.29 is 18.7 Å². The fourth-order valence-corrected chi connectivity index (χ4v) is 4.14. The Morgan fingerprint density at radius 1 is 0.966 bits per heavy atom. The molecule has 2 saturated heterocycles. The number of carbonyl (C=O) groups is 2. The number of piperazine rings is 1. The number of piperidine rings is 1. The highest BCUT2D eigenvalue weighted by atomic mass is 16.5. The number of anilines is 1. The lowest BCUT2D eigenvalue weighted by atomic mass is 9.94. The molecule has 0 unspecified atom stereocenters. The van der Waals surface area contributed by atoms with Crippen molar-refractivity contribution in [3.63, 3.8) is 0 Å². The van der Waals surface area contributed by atoms with Crippen molar-refractivity contribution in [1.82, 2.24) is 9.80 Å². The van der Waals surface area contributed by atoms with E-state index in [4.69, 9.17) is 9.15 Å². The molecule has 2 aliphatic rings. The Kier molecular flexibility index (Phi) is 5.74. The summed E-state index contributed by atoms with van der Waals surface area (Å²) in [6.07, 6.45) is 2.93. The SMILES string of the molecule is COc1cccc(N2CCN(C(=O)C3CCN(C(=O)c4ccco4)CC3)CC2)c1. The summed E-state index contributed by atoms with van der Waals surface area (Å²) in [5, 5.41) is 0. The Balaban J connectivity index is 1.27. The first-order valence-corrected chi connectivity index (χ1v) is 10.2. The molecule has 0 bridgehead atoms. The lowest BCUT2D eigenvalue weighted by Gasteiger charge is -2.39. The van der Waals surface area contributed by atoms with Crippen molar-refractivity contribution in [2.45, 2.75) is 12.8 Å². The van der Waals surface area contributed by atoms with E-state index >= 15 is 0 Å². The van der Waals surface area contributed by atoms with Crippen molar-refractivity contribution in [2.75, 3.05) is 51.3 Å². The molecule has 2 aromatic rings. The number of carbonyl (C=O) groups excluding carboxylic acids is 2. The van der Waals surface area contributed by atoms with Crippen molar-refractivity contribution in [2.24, 2.45) is 5.92 Å². The monoisotopic (exact) mass is 397 g/mol. The number of benzene rings is 1. The minimum atomic E-state index is -0.0900. The van der Waals surface area contributed by atoms with Gasteiger partial charge in [0.2, 0.25) is 5.91 Å². The normalized spacial score (nSPS) is 18.0. The first kappa shape index (κ1) is 19.4. The third-order valence-electron chi connectivity index (χ3n) is 5.87. The number of nitrogens with zero attached hydrogens (tertiary/aromatic N) is 3. The average Bonchev–Trinajstić information content (AvgIpc) is 3.33. The number of hydrogen-bond acceptors (Lipinski definition) is 5. The number of ether oxygens (including phenoxy) is 1. The highest BCUT2D eigenvalue weighted by Gasteiger charge is 2.32. The minimum Gasteiger partial charge on any atom is -0.497 e. The summed E-state index contributed by atoms with van der Waals surface area (Å²) in [5.41, 5.74) is 1.13. The molecule has 0 radical (unpaired) electrons. The summed E-state index contributed by atoms with van der Waals surface area (Å²) in [6, 6.07) is 11.4. The first-order chi connectivity index (χ1) is 14.2. The Labute approximate surface area is 170 Å². The fourth-order valence-electron chi connectivity index (χ4n) is 4.14. The molecule has 2 fully saturated rings. The molecular formula is C22H27N3O4. The Morgan fingerprint density at radius 2 is 1.72 bits per heavy atom. The van der Waals surface area contributed by atoms with Gasteiger partial charge < -0.3 is 23.9 Å². The molecule has 0 spiro atoms. The zero-order valence-electron chi connectivity index (χ0n) is 16.8. The Hall–Kier alpha value is -2.96. The van der Waals surface area contributed by atoms with E-state index in [-0.39, 0.29) is 17.7 Å². The van der Waals surface area contributed by atoms with Gasteiger partial charge in [-0.25, -0.2) is 0 Å². The summed E-state index contributed by atoms with van der Waals surface area (Å²) in [7, 11) is 1.67. The van der Waals surface area contributed by atoms with Gasteiger partial charge in [-0.15, -0.1) is 0 Å². The minimum absolute atomic E-state index is 0.000907. The van der Waals surface area contributed by atoms with E-state index in [2.05, 4.69) is 11.0 Å². The molecule has 2 amide bonds. The van der Waals surface area contributed by atoms with Gasteiger partial charge in [-0.1, -0.05) is 6.07 Å². The number of likely N-dealkylation sites (tertiary alicyclic amines) is 1. The van der Waals surface area contributed by atoms with Crippen LogP contribution in [0.1, 0.15) is 23.4 Å². The van der Waals surface area contributed by atoms with Gasteiger partial charge in [0.25, 0.3) is 5.91 Å². The summed E-state index contributed by atoms with van der Waals surface area (Å²) < 4.78 is 10.5. The molecule has 4 rings (SSSR count). The number of furan rings is 1. The molecule has 0 N–H and O–H groups in total. The van der Waals surface area contributed by atoms with Crippen LogP contribution in [0.15, 0.2) is 47.1 Å². The topological polar surface area (TPSA) is 66.2 Å². The van der Waals surface area contributed by atoms with Crippen molar-refractivity contribution in [3.05, 3.63) is 48.4 Å². The quantitative estimate of drug-likeness (QED) is 0.793. The van der Waals surface area contributed by atoms with E-state index in [1.165, 1.54) is 6.26 Å². The van der Waals surface area contributed by atoms with Gasteiger partial charge in [-0.05, 0) is 37.1 Å². The average molecular weight is 397 g/mol. The lowest BCUT2D eigenvalue weighted by Crippen LogP contribution is -2.52. The van der Waals surface area contributed by atoms with E-state index in [9.17, 15) is 9.59 Å². The van der Waals surface area contributed by atoms with Gasteiger partial charge in [0.15, 0.2) is 5.76 Å². The van der Waals surface area contributed by atoms with Gasteiger partial charge in [-0.3, -0.25) is 9.59 Å². The van der Waals surface area contributed by atoms with Crippen LogP contribution in [0.5, 0.6) is 5.75 Å². The van der Waals surface area contributed by atoms with Gasteiger partial charge in [0.05, 0.1) is 13.4 Å². The molecule has 2 aliphatic heterocycles. The van der Waals surface area contributed by atoms with Gasteiger partial charge in [0, 0.05) is 56.9 Å². The highest BCUT2D eigenvalue weighted by Crippen LogP contribution is 2.25. The molecule has 1 aromatic carbocycles. The van der Waals surface area contributed by atoms with Crippen LogP contribution in [-0.4, -0.2) is 68.0 Å². The number of hydrogen-bond donors (Lipinski definition) is 0. The van der Waals surface area contributed by atoms with Crippen LogP contribution in [0, 0.1) is 5.92 Å². The van der Waals surface area contributed by atoms with Crippen molar-refractivity contribution in [3.8, 4) is 5.75 Å². The second-order valence-electron chi connectivity index (χ2n) is 7.56. The summed E-state index contributed by atoms with van der Waals surface area (Å²) in [4.78, 5) is 31.4. The molecule has 0 saturated carbocycles. The van der Waals surface area contributed by atoms with Crippen LogP contribution in [0.2, 0.25) is 0 Å². The van der Waals surface area contributed by atoms with E-state index in [1.54, 1.807) is 24.1 Å². The third kappa shape index (κ3) is 4.23. The number of methoxy groups -OCH3 is 1. The maximum atomic E-state index is 13.0. The van der Waals surface area contributed by atoms with Crippen LogP contribution < -0.4 is 9.64 Å². The second-order valence-corrected chi connectivity index (χ2v) is 7.56. The molecular weight excluding hydrogens is 370 g/mol. The van der Waals surface area contributed by atoms with Gasteiger partial charge in [0.1, 0.15) is 5.75 Å². The maximum absolute atomic E-state index is 13.0. The van der Waals surface area contributed by atoms with E-state index in [0.717, 1.165) is 37.6 Å². The summed E-state index contributed by atoms with van der Waals surface area (Å²) in [5.74, 6) is 1.34. The summed E-state index contributed by atoms with van der Waals surface area (Å²) in [6.45, 7) is 4.27. The predicted molar refractivity (Wildman–Crippen MR) is 109 cm³/mol. The fraction of sp³-hybridized carbons (Fsp3) is 0.455. The lowest BCUT2D eigenvalue weighted by molar-refractivity contribution is -0.137. The van der Waals surface area contributed by atoms with Crippen LogP contribution in [-0.2, 0) is 4.79 Å². The molecule has 3 heterocycles. The van der Waals surface area contributed by atoms with Gasteiger partial charge >= 0.3 is 0 Å². The van der Waals surface area contributed by atoms with Crippen molar-refractivity contribution in [1.29, 1.82) is 0 Å². The Bertz CT molecular complexity index is 836. The predicted octanol–water partition coefficient (Wildman–Crippen LogP) is 2.49. The van der Waals surface area contributed by atoms with Crippen molar-refractivity contribution >= 4 is 17.5 Å². The molecule has 1 aromatic heterocycles. The molecule has 154 valence electrons. The number of rotatable bonds is 4. The van der Waals surface area contributed by atoms with Crippen LogP contribution in [0.3, 0.4) is 0 Å². The zero-order valence-corrected chi connectivity index (χ0v) is 16.8. The number of amides is 2. The highest BCUT2D eigenvalue weighted by molar-refractivity contribution is 5.91. The van der Waals surface area contributed by atoms with E-state index in [1.807, 2.05) is 23.1 Å². The largest absolute Gasteiger partial charge is 0.497 e. The van der Waals surface area contributed by atoms with E-state index < -0.39 is 0 Å². The standard InChI is InChI=1S/C22H27N3O4/c1-28-19-5-2-4-18(16-19)23-11-13-25(14-12-23)21(26)17-7-9-24(10-8-17)22(27)20-6-3-15-29-20/h2-6,15-17H,7-14H2,1H3. The van der Waals surface area contributed by atoms with Crippen LogP contribution in [0.4, 0.5) is 5.69 Å². The molecule has 0 aliphatic carbocycles. The zero-order chi connectivity index (χ0) is 20.2.